The predicted molar refractivity (Wildman–Crippen MR) is 189 cm³/mol. The summed E-state index contributed by atoms with van der Waals surface area (Å²) >= 11 is 7.47. The summed E-state index contributed by atoms with van der Waals surface area (Å²) in [5.41, 5.74) is 8.98. The van der Waals surface area contributed by atoms with Gasteiger partial charge in [-0.05, 0) is 117 Å². The lowest BCUT2D eigenvalue weighted by Gasteiger charge is -2.25. The van der Waals surface area contributed by atoms with Crippen LogP contribution in [0.2, 0.25) is 0 Å². The van der Waals surface area contributed by atoms with Crippen LogP contribution < -0.4 is 9.47 Å². The van der Waals surface area contributed by atoms with Crippen molar-refractivity contribution in [3.63, 3.8) is 0 Å². The molecule has 7 nitrogen and oxygen atoms in total. The molecule has 236 valence electrons. The highest BCUT2D eigenvalue weighted by Gasteiger charge is 2.38. The lowest BCUT2D eigenvalue weighted by atomic mass is 9.79. The monoisotopic (exact) mass is 742 g/mol. The highest BCUT2D eigenvalue weighted by Crippen LogP contribution is 2.41. The van der Waals surface area contributed by atoms with Gasteiger partial charge in [-0.15, -0.1) is 0 Å². The van der Waals surface area contributed by atoms with Crippen molar-refractivity contribution in [2.45, 2.75) is 52.4 Å². The average molecular weight is 745 g/mol. The predicted octanol–water partition coefficient (Wildman–Crippen LogP) is 8.80. The van der Waals surface area contributed by atoms with Gasteiger partial charge in [-0.1, -0.05) is 38.1 Å². The SMILES string of the molecule is CCc1nc2cc(C)c(Br)cn2c1C(C(=O)C(c1ccc(OC)cc1)c1c(CC)nc2cc(C)c(Br)cn12)c1ccc(OC)cc1. The fraction of sp³-hybridized carbons (Fsp3) is 0.270. The molecule has 6 aromatic rings. The number of fused-ring (bicyclic) bond motifs is 2. The van der Waals surface area contributed by atoms with E-state index in [0.717, 1.165) is 76.8 Å². The minimum absolute atomic E-state index is 0.0247. The molecule has 0 saturated carbocycles. The number of carbonyl (C=O) groups excluding carboxylic acids is 1. The van der Waals surface area contributed by atoms with E-state index in [-0.39, 0.29) is 5.78 Å². The van der Waals surface area contributed by atoms with Crippen molar-refractivity contribution < 1.29 is 14.3 Å². The Morgan fingerprint density at radius 2 is 1.07 bits per heavy atom. The van der Waals surface area contributed by atoms with E-state index in [1.54, 1.807) is 14.2 Å². The molecule has 6 rings (SSSR count). The minimum atomic E-state index is -0.651. The van der Waals surface area contributed by atoms with E-state index in [1.165, 1.54) is 0 Å². The van der Waals surface area contributed by atoms with Gasteiger partial charge in [0, 0.05) is 21.3 Å². The summed E-state index contributed by atoms with van der Waals surface area (Å²) in [6, 6.07) is 19.7. The van der Waals surface area contributed by atoms with E-state index in [0.29, 0.717) is 12.8 Å². The van der Waals surface area contributed by atoms with Crippen molar-refractivity contribution in [3.05, 3.63) is 127 Å². The van der Waals surface area contributed by atoms with E-state index in [2.05, 4.69) is 66.6 Å². The van der Waals surface area contributed by atoms with Gasteiger partial charge in [0.05, 0.1) is 48.8 Å². The topological polar surface area (TPSA) is 70.1 Å². The lowest BCUT2D eigenvalue weighted by Crippen LogP contribution is -2.26. The van der Waals surface area contributed by atoms with Crippen LogP contribution in [-0.2, 0) is 17.6 Å². The maximum absolute atomic E-state index is 15.7. The molecular formula is C37H36Br2N4O3. The Kier molecular flexibility index (Phi) is 9.08. The van der Waals surface area contributed by atoms with Gasteiger partial charge in [0.1, 0.15) is 22.8 Å². The van der Waals surface area contributed by atoms with Crippen LogP contribution in [0.5, 0.6) is 11.5 Å². The molecule has 4 aromatic heterocycles. The number of ketones is 1. The van der Waals surface area contributed by atoms with E-state index >= 15 is 4.79 Å². The molecule has 0 aliphatic carbocycles. The molecule has 0 aliphatic rings. The van der Waals surface area contributed by atoms with Crippen molar-refractivity contribution in [2.75, 3.05) is 14.2 Å². The fourth-order valence-corrected chi connectivity index (χ4v) is 6.90. The first-order valence-corrected chi connectivity index (χ1v) is 16.9. The normalized spacial score (nSPS) is 12.9. The molecule has 0 amide bonds. The number of aromatic nitrogens is 4. The zero-order chi connectivity index (χ0) is 32.7. The first kappa shape index (κ1) is 32.0. The quantitative estimate of drug-likeness (QED) is 0.140. The Balaban J connectivity index is 1.68. The van der Waals surface area contributed by atoms with Crippen LogP contribution in [0.1, 0.15) is 70.7 Å². The molecule has 4 heterocycles. The van der Waals surface area contributed by atoms with Crippen LogP contribution >= 0.6 is 31.9 Å². The number of Topliss-reactive ketones (excluding diaryl/α,β-unsaturated/α-hetero) is 1. The summed E-state index contributed by atoms with van der Waals surface area (Å²) in [6.07, 6.45) is 5.40. The van der Waals surface area contributed by atoms with Gasteiger partial charge in [0.15, 0.2) is 5.78 Å². The van der Waals surface area contributed by atoms with E-state index < -0.39 is 11.8 Å². The van der Waals surface area contributed by atoms with Crippen LogP contribution in [-0.4, -0.2) is 38.8 Å². The number of hydrogen-bond donors (Lipinski definition) is 0. The number of benzene rings is 2. The molecule has 46 heavy (non-hydrogen) atoms. The van der Waals surface area contributed by atoms with Crippen LogP contribution in [0.3, 0.4) is 0 Å². The molecule has 2 atom stereocenters. The first-order chi connectivity index (χ1) is 22.2. The van der Waals surface area contributed by atoms with Gasteiger partial charge in [-0.25, -0.2) is 9.97 Å². The maximum atomic E-state index is 15.7. The molecule has 9 heteroatoms. The average Bonchev–Trinajstić information content (AvgIpc) is 3.59. The van der Waals surface area contributed by atoms with Crippen molar-refractivity contribution in [2.24, 2.45) is 0 Å². The zero-order valence-electron chi connectivity index (χ0n) is 26.8. The van der Waals surface area contributed by atoms with Crippen LogP contribution in [0.4, 0.5) is 0 Å². The number of methoxy groups -OCH3 is 2. The second-order valence-corrected chi connectivity index (χ2v) is 13.2. The number of hydrogen-bond acceptors (Lipinski definition) is 5. The molecule has 0 aliphatic heterocycles. The second kappa shape index (κ2) is 13.0. The molecular weight excluding hydrogens is 708 g/mol. The molecule has 2 aromatic carbocycles. The summed E-state index contributed by atoms with van der Waals surface area (Å²) in [7, 11) is 3.29. The van der Waals surface area contributed by atoms with Crippen molar-refractivity contribution >= 4 is 48.9 Å². The number of nitrogens with zero attached hydrogens (tertiary/aromatic N) is 4. The van der Waals surface area contributed by atoms with Crippen LogP contribution in [0.15, 0.2) is 82.0 Å². The second-order valence-electron chi connectivity index (χ2n) is 11.5. The summed E-state index contributed by atoms with van der Waals surface area (Å²) in [5, 5.41) is 0. The van der Waals surface area contributed by atoms with Gasteiger partial charge in [-0.2, -0.15) is 0 Å². The highest BCUT2D eigenvalue weighted by molar-refractivity contribution is 9.10. The molecule has 2 unspecified atom stereocenters. The third-order valence-corrected chi connectivity index (χ3v) is 10.4. The summed E-state index contributed by atoms with van der Waals surface area (Å²) in [5.74, 6) is 0.174. The van der Waals surface area contributed by atoms with Crippen molar-refractivity contribution in [1.29, 1.82) is 0 Å². The smallest absolute Gasteiger partial charge is 0.159 e. The first-order valence-electron chi connectivity index (χ1n) is 15.3. The van der Waals surface area contributed by atoms with Crippen LogP contribution in [0.25, 0.3) is 11.3 Å². The standard InChI is InChI=1S/C37H36Br2N4O3/c1-7-29-35(42-19-27(38)21(3)17-31(42)40-29)33(23-9-13-25(45-5)14-10-23)37(44)34(24-11-15-26(46-6)16-12-24)36-30(8-2)41-32-18-22(4)28(39)20-43(32)36/h9-20,33-34H,7-8H2,1-6H3. The Labute approximate surface area is 285 Å². The molecule has 0 N–H and O–H groups in total. The van der Waals surface area contributed by atoms with Crippen LogP contribution in [0, 0.1) is 13.8 Å². The largest absolute Gasteiger partial charge is 0.497 e. The zero-order valence-corrected chi connectivity index (χ0v) is 29.9. The van der Waals surface area contributed by atoms with Gasteiger partial charge < -0.3 is 18.3 Å². The number of aryl methyl sites for hydroxylation is 4. The Morgan fingerprint density at radius 3 is 1.39 bits per heavy atom. The van der Waals surface area contributed by atoms with E-state index in [9.17, 15) is 0 Å². The summed E-state index contributed by atoms with van der Waals surface area (Å²) in [4.78, 5) is 25.8. The van der Waals surface area contributed by atoms with Crippen molar-refractivity contribution in [1.82, 2.24) is 18.8 Å². The summed E-state index contributed by atoms with van der Waals surface area (Å²) < 4.78 is 17.1. The molecule has 0 bridgehead atoms. The van der Waals surface area contributed by atoms with Gasteiger partial charge >= 0.3 is 0 Å². The third kappa shape index (κ3) is 5.64. The maximum Gasteiger partial charge on any atom is 0.159 e. The lowest BCUT2D eigenvalue weighted by molar-refractivity contribution is -0.120. The number of pyridine rings is 2. The van der Waals surface area contributed by atoms with E-state index in [1.807, 2.05) is 74.8 Å². The van der Waals surface area contributed by atoms with Gasteiger partial charge in [0.25, 0.3) is 0 Å². The number of rotatable bonds is 10. The minimum Gasteiger partial charge on any atom is -0.497 e. The Hall–Kier alpha value is -3.95. The number of imidazole rings is 2. The molecule has 0 radical (unpaired) electrons. The van der Waals surface area contributed by atoms with Gasteiger partial charge in [-0.3, -0.25) is 4.79 Å². The molecule has 0 saturated heterocycles. The Morgan fingerprint density at radius 1 is 0.696 bits per heavy atom. The highest BCUT2D eigenvalue weighted by atomic mass is 79.9. The van der Waals surface area contributed by atoms with E-state index in [4.69, 9.17) is 19.4 Å². The van der Waals surface area contributed by atoms with Crippen molar-refractivity contribution in [3.8, 4) is 11.5 Å². The number of halogens is 2. The number of carbonyl (C=O) groups is 1. The molecule has 0 fully saturated rings. The summed E-state index contributed by atoms with van der Waals surface area (Å²) in [6.45, 7) is 8.27. The molecule has 0 spiro atoms. The number of ether oxygens (including phenoxy) is 2. The fourth-order valence-electron chi connectivity index (χ4n) is 6.26. The van der Waals surface area contributed by atoms with Gasteiger partial charge in [0.2, 0.25) is 0 Å². The Bertz CT molecular complexity index is 1920. The third-order valence-electron chi connectivity index (χ3n) is 8.72.